The number of alkyl halides is 1. The van der Waals surface area contributed by atoms with Crippen LogP contribution in [0.2, 0.25) is 0 Å². The Hall–Kier alpha value is -1.95. The van der Waals surface area contributed by atoms with E-state index >= 15 is 0 Å². The van der Waals surface area contributed by atoms with E-state index in [2.05, 4.69) is 14.7 Å². The number of nitrogens with two attached hydrogens (primary N) is 1. The average Bonchev–Trinajstić information content (AvgIpc) is 3.04. The molecular weight excluding hydrogens is 446 g/mol. The lowest BCUT2D eigenvalue weighted by atomic mass is 10.0. The van der Waals surface area contributed by atoms with Gasteiger partial charge in [-0.1, -0.05) is 0 Å². The summed E-state index contributed by atoms with van der Waals surface area (Å²) in [5.74, 6) is -0.900. The molecule has 2 aromatic heterocycles. The number of nitrogens with zero attached hydrogens (tertiary/aromatic N) is 2. The van der Waals surface area contributed by atoms with Crippen LogP contribution in [0, 0.1) is 12.7 Å². The summed E-state index contributed by atoms with van der Waals surface area (Å²) in [6, 6.07) is 0.0192. The van der Waals surface area contributed by atoms with Crippen molar-refractivity contribution in [2.75, 3.05) is 5.32 Å². The maximum Gasteiger partial charge on any atom is 0.354 e. The highest BCUT2D eigenvalue weighted by Gasteiger charge is 2.48. The number of rotatable bonds is 4. The monoisotopic (exact) mass is 470 g/mol. The van der Waals surface area contributed by atoms with Crippen molar-refractivity contribution in [2.24, 2.45) is 9.50 Å². The molecule has 0 radical (unpaired) electrons. The number of pyridine rings is 1. The molecule has 1 saturated carbocycles. The van der Waals surface area contributed by atoms with Crippen molar-refractivity contribution in [3.8, 4) is 0 Å². The van der Waals surface area contributed by atoms with Gasteiger partial charge in [0, 0.05) is 10.6 Å². The number of anilines is 1. The molecule has 2 heterocycles. The zero-order valence-electron chi connectivity index (χ0n) is 17.4. The molecular formula is C20H24F2N4O3S2. The van der Waals surface area contributed by atoms with E-state index in [1.54, 1.807) is 6.92 Å². The summed E-state index contributed by atoms with van der Waals surface area (Å²) in [5.41, 5.74) is -0.0494. The van der Waals surface area contributed by atoms with Crippen molar-refractivity contribution in [3.63, 3.8) is 0 Å². The molecule has 1 atom stereocenters. The number of aryl methyl sites for hydroxylation is 1. The molecule has 7 nitrogen and oxygen atoms in total. The van der Waals surface area contributed by atoms with Gasteiger partial charge in [0.05, 0.1) is 17.0 Å². The normalized spacial score (nSPS) is 18.9. The predicted octanol–water partition coefficient (Wildman–Crippen LogP) is 4.20. The van der Waals surface area contributed by atoms with Crippen LogP contribution in [0.1, 0.15) is 60.5 Å². The summed E-state index contributed by atoms with van der Waals surface area (Å²) < 4.78 is 45.1. The first-order chi connectivity index (χ1) is 14.3. The van der Waals surface area contributed by atoms with Crippen LogP contribution in [-0.2, 0) is 34.0 Å². The number of urea groups is 1. The Balaban J connectivity index is 1.70. The van der Waals surface area contributed by atoms with E-state index in [0.29, 0.717) is 54.0 Å². The molecule has 168 valence electrons. The molecule has 4 rings (SSSR count). The topological polar surface area (TPSA) is 118 Å². The molecule has 1 fully saturated rings. The average molecular weight is 471 g/mol. The van der Waals surface area contributed by atoms with Crippen LogP contribution in [0.5, 0.6) is 0 Å². The maximum atomic E-state index is 14.8. The number of hydrogen-bond acceptors (Lipinski definition) is 5. The Labute approximate surface area is 183 Å². The minimum Gasteiger partial charge on any atom is -0.385 e. The van der Waals surface area contributed by atoms with Crippen molar-refractivity contribution in [1.29, 1.82) is 0 Å². The number of thiophene rings is 1. The standard InChI is InChI=1S/C20H24F2N4O3S2/c1-10-15(11-5-4-6-13(11)24-16(10)20(22)7-8-20)25-18(27)26-31(23,29)17-12(21)9-14(30-17)19(2,3)28/h9,28H,4-8H2,1-3H3,(H3,23,24,25,26,27,29)/t31-/m0/s1. The van der Waals surface area contributed by atoms with Crippen LogP contribution in [0.25, 0.3) is 0 Å². The van der Waals surface area contributed by atoms with Crippen molar-refractivity contribution in [3.05, 3.63) is 39.3 Å². The number of hydrogen-bond donors (Lipinski definition) is 3. The number of carbonyl (C=O) groups excluding carboxylic acids is 1. The highest BCUT2D eigenvalue weighted by molar-refractivity contribution is 7.93. The maximum absolute atomic E-state index is 14.8. The molecule has 0 aromatic carbocycles. The quantitative estimate of drug-likeness (QED) is 0.621. The highest BCUT2D eigenvalue weighted by atomic mass is 32.2. The lowest BCUT2D eigenvalue weighted by Crippen LogP contribution is -2.20. The fourth-order valence-corrected chi connectivity index (χ4v) is 6.12. The van der Waals surface area contributed by atoms with Gasteiger partial charge in [0.2, 0.25) is 0 Å². The van der Waals surface area contributed by atoms with Crippen molar-refractivity contribution < 1.29 is 22.9 Å². The second-order valence-corrected chi connectivity index (χ2v) is 11.6. The molecule has 2 aliphatic rings. The number of aromatic nitrogens is 1. The molecule has 0 saturated heterocycles. The van der Waals surface area contributed by atoms with E-state index in [9.17, 15) is 22.9 Å². The number of halogens is 2. The van der Waals surface area contributed by atoms with E-state index in [1.165, 1.54) is 13.8 Å². The van der Waals surface area contributed by atoms with Crippen molar-refractivity contribution in [2.45, 2.75) is 68.4 Å². The van der Waals surface area contributed by atoms with Crippen molar-refractivity contribution >= 4 is 33.0 Å². The molecule has 0 aliphatic heterocycles. The minimum absolute atomic E-state index is 0.207. The molecule has 0 unspecified atom stereocenters. The SMILES string of the molecule is Cc1c(C2(F)CC2)nc2c(c1NC(=O)N=[S@](N)(=O)c1sc(C(C)(C)O)cc1F)CCC2. The van der Waals surface area contributed by atoms with Crippen LogP contribution in [0.4, 0.5) is 19.3 Å². The van der Waals surface area contributed by atoms with Gasteiger partial charge in [-0.25, -0.2) is 22.9 Å². The van der Waals surface area contributed by atoms with Gasteiger partial charge in [0.15, 0.2) is 25.6 Å². The lowest BCUT2D eigenvalue weighted by molar-refractivity contribution is 0.0823. The van der Waals surface area contributed by atoms with Gasteiger partial charge in [-0.15, -0.1) is 15.7 Å². The molecule has 0 bridgehead atoms. The number of amides is 2. The van der Waals surface area contributed by atoms with Gasteiger partial charge in [-0.05, 0) is 70.1 Å². The van der Waals surface area contributed by atoms with Crippen LogP contribution in [0.3, 0.4) is 0 Å². The second-order valence-electron chi connectivity index (χ2n) is 8.60. The molecule has 2 aliphatic carbocycles. The summed E-state index contributed by atoms with van der Waals surface area (Å²) in [5, 5.41) is 18.4. The third kappa shape index (κ3) is 4.11. The minimum atomic E-state index is -3.90. The van der Waals surface area contributed by atoms with Gasteiger partial charge < -0.3 is 10.4 Å². The lowest BCUT2D eigenvalue weighted by Gasteiger charge is -2.17. The number of fused-ring (bicyclic) bond motifs is 1. The molecule has 11 heteroatoms. The van der Waals surface area contributed by atoms with Gasteiger partial charge >= 0.3 is 6.03 Å². The van der Waals surface area contributed by atoms with Crippen LogP contribution < -0.4 is 10.5 Å². The summed E-state index contributed by atoms with van der Waals surface area (Å²) in [7, 11) is -3.90. The van der Waals surface area contributed by atoms with E-state index < -0.39 is 37.2 Å². The summed E-state index contributed by atoms with van der Waals surface area (Å²) >= 11 is 0.700. The van der Waals surface area contributed by atoms with E-state index in [4.69, 9.17) is 5.14 Å². The van der Waals surface area contributed by atoms with E-state index in [0.717, 1.165) is 23.7 Å². The Morgan fingerprint density at radius 3 is 2.68 bits per heavy atom. The molecule has 0 spiro atoms. The third-order valence-corrected chi connectivity index (χ3v) is 8.90. The van der Waals surface area contributed by atoms with Gasteiger partial charge in [0.25, 0.3) is 0 Å². The number of aliphatic hydroxyl groups is 1. The molecule has 2 amide bonds. The fourth-order valence-electron chi connectivity index (χ4n) is 3.78. The fraction of sp³-hybridized carbons (Fsp3) is 0.500. The van der Waals surface area contributed by atoms with Crippen LogP contribution >= 0.6 is 11.3 Å². The molecule has 31 heavy (non-hydrogen) atoms. The van der Waals surface area contributed by atoms with Gasteiger partial charge in [-0.3, -0.25) is 4.98 Å². The first-order valence-corrected chi connectivity index (χ1v) is 12.3. The number of nitrogens with one attached hydrogen (secondary N) is 1. The largest absolute Gasteiger partial charge is 0.385 e. The first kappa shape index (κ1) is 22.3. The third-order valence-electron chi connectivity index (χ3n) is 5.56. The highest BCUT2D eigenvalue weighted by Crippen LogP contribution is 2.51. The summed E-state index contributed by atoms with van der Waals surface area (Å²) in [6.45, 7) is 4.59. The zero-order chi connectivity index (χ0) is 22.8. The number of carbonyl (C=O) groups is 1. The summed E-state index contributed by atoms with van der Waals surface area (Å²) in [6.07, 6.45) is 2.96. The Morgan fingerprint density at radius 1 is 1.42 bits per heavy atom. The van der Waals surface area contributed by atoms with E-state index in [-0.39, 0.29) is 4.88 Å². The smallest absolute Gasteiger partial charge is 0.354 e. The van der Waals surface area contributed by atoms with Crippen molar-refractivity contribution in [1.82, 2.24) is 4.98 Å². The second kappa shape index (κ2) is 7.29. The Kier molecular flexibility index (Phi) is 5.23. The Bertz CT molecular complexity index is 1210. The summed E-state index contributed by atoms with van der Waals surface area (Å²) in [4.78, 5) is 17.3. The first-order valence-electron chi connectivity index (χ1n) is 9.92. The van der Waals surface area contributed by atoms with Crippen LogP contribution in [-0.4, -0.2) is 20.3 Å². The molecule has 2 aromatic rings. The van der Waals surface area contributed by atoms with E-state index in [1.807, 2.05) is 0 Å². The van der Waals surface area contributed by atoms with Crippen LogP contribution in [0.15, 0.2) is 14.6 Å². The Morgan fingerprint density at radius 2 is 2.10 bits per heavy atom. The zero-order valence-corrected chi connectivity index (χ0v) is 19.1. The van der Waals surface area contributed by atoms with Gasteiger partial charge in [-0.2, -0.15) is 0 Å². The predicted molar refractivity (Wildman–Crippen MR) is 115 cm³/mol. The van der Waals surface area contributed by atoms with Gasteiger partial charge in [0.1, 0.15) is 0 Å². The molecule has 4 N–H and O–H groups in total.